The highest BCUT2D eigenvalue weighted by Gasteiger charge is 2.36. The van der Waals surface area contributed by atoms with Gasteiger partial charge in [0.05, 0.1) is 22.7 Å². The van der Waals surface area contributed by atoms with Crippen molar-refractivity contribution in [1.29, 1.82) is 0 Å². The van der Waals surface area contributed by atoms with Gasteiger partial charge in [-0.15, -0.1) is 11.6 Å². The number of aromatic carboxylic acids is 1. The second kappa shape index (κ2) is 5.05. The van der Waals surface area contributed by atoms with E-state index in [1.54, 1.807) is 0 Å². The molecule has 100 valence electrons. The minimum Gasteiger partial charge on any atom is -0.476 e. The summed E-state index contributed by atoms with van der Waals surface area (Å²) < 4.78 is 62.5. The Labute approximate surface area is 102 Å². The molecule has 0 bridgehead atoms. The molecule has 0 unspecified atom stereocenters. The lowest BCUT2D eigenvalue weighted by Crippen LogP contribution is -2.16. The van der Waals surface area contributed by atoms with Crippen molar-refractivity contribution in [2.75, 3.05) is 0 Å². The Kier molecular flexibility index (Phi) is 4.10. The van der Waals surface area contributed by atoms with E-state index in [0.29, 0.717) is 0 Å². The summed E-state index contributed by atoms with van der Waals surface area (Å²) in [6.07, 6.45) is -8.31. The van der Waals surface area contributed by atoms with Gasteiger partial charge in [0.25, 0.3) is 6.43 Å². The molecule has 1 rings (SSSR count). The van der Waals surface area contributed by atoms with E-state index in [1.165, 1.54) is 0 Å². The minimum absolute atomic E-state index is 0.0683. The summed E-state index contributed by atoms with van der Waals surface area (Å²) in [4.78, 5) is 13.7. The summed E-state index contributed by atoms with van der Waals surface area (Å²) >= 11 is 5.20. The molecule has 1 aromatic heterocycles. The molecule has 0 saturated carbocycles. The van der Waals surface area contributed by atoms with Crippen LogP contribution >= 0.6 is 11.6 Å². The summed E-state index contributed by atoms with van der Waals surface area (Å²) in [5.41, 5.74) is -4.68. The van der Waals surface area contributed by atoms with Crippen molar-refractivity contribution < 1.29 is 31.9 Å². The predicted octanol–water partition coefficient (Wildman–Crippen LogP) is 3.48. The summed E-state index contributed by atoms with van der Waals surface area (Å²) in [5, 5.41) is 8.61. The zero-order chi connectivity index (χ0) is 14.1. The van der Waals surface area contributed by atoms with E-state index < -0.39 is 47.0 Å². The van der Waals surface area contributed by atoms with Gasteiger partial charge in [0.2, 0.25) is 0 Å². The smallest absolute Gasteiger partial charge is 0.418 e. The van der Waals surface area contributed by atoms with Crippen LogP contribution in [0.25, 0.3) is 0 Å². The molecule has 1 N–H and O–H groups in total. The molecule has 1 heterocycles. The largest absolute Gasteiger partial charge is 0.476 e. The Bertz CT molecular complexity index is 475. The monoisotopic (exact) mass is 289 g/mol. The summed E-state index contributed by atoms with van der Waals surface area (Å²) in [7, 11) is 0. The fourth-order valence-corrected chi connectivity index (χ4v) is 1.46. The van der Waals surface area contributed by atoms with E-state index in [2.05, 4.69) is 4.98 Å². The van der Waals surface area contributed by atoms with Gasteiger partial charge in [-0.05, 0) is 6.07 Å². The van der Waals surface area contributed by atoms with Crippen LogP contribution in [0.4, 0.5) is 22.0 Å². The topological polar surface area (TPSA) is 50.2 Å². The lowest BCUT2D eigenvalue weighted by molar-refractivity contribution is -0.138. The van der Waals surface area contributed by atoms with Crippen molar-refractivity contribution in [3.8, 4) is 0 Å². The number of hydrogen-bond donors (Lipinski definition) is 1. The lowest BCUT2D eigenvalue weighted by atomic mass is 10.1. The Balaban J connectivity index is 3.57. The molecular formula is C9H5ClF5NO2. The van der Waals surface area contributed by atoms with E-state index in [-0.39, 0.29) is 6.07 Å². The number of carbonyl (C=O) groups is 1. The molecule has 0 saturated heterocycles. The number of nitrogens with zero attached hydrogens (tertiary/aromatic N) is 1. The standard InChI is InChI=1S/C9H5ClF5NO2/c10-2-5-4(9(13,14)15)1-3(7(11)12)6(16-5)8(17)18/h1,7H,2H2,(H,17,18). The third-order valence-electron chi connectivity index (χ3n) is 2.00. The van der Waals surface area contributed by atoms with E-state index in [9.17, 15) is 26.7 Å². The van der Waals surface area contributed by atoms with Crippen molar-refractivity contribution in [2.24, 2.45) is 0 Å². The van der Waals surface area contributed by atoms with Gasteiger partial charge in [-0.25, -0.2) is 18.6 Å². The average Bonchev–Trinajstić information content (AvgIpc) is 2.25. The number of pyridine rings is 1. The van der Waals surface area contributed by atoms with E-state index in [4.69, 9.17) is 16.7 Å². The van der Waals surface area contributed by atoms with Crippen LogP contribution in [0.5, 0.6) is 0 Å². The molecule has 0 aliphatic rings. The third kappa shape index (κ3) is 2.87. The third-order valence-corrected chi connectivity index (χ3v) is 2.25. The van der Waals surface area contributed by atoms with E-state index >= 15 is 0 Å². The van der Waals surface area contributed by atoms with Gasteiger partial charge in [-0.1, -0.05) is 0 Å². The SMILES string of the molecule is O=C(O)c1nc(CCl)c(C(F)(F)F)cc1C(F)F. The molecule has 18 heavy (non-hydrogen) atoms. The normalized spacial score (nSPS) is 11.9. The van der Waals surface area contributed by atoms with E-state index in [1.807, 2.05) is 0 Å². The van der Waals surface area contributed by atoms with Crippen molar-refractivity contribution in [1.82, 2.24) is 4.98 Å². The van der Waals surface area contributed by atoms with Crippen LogP contribution < -0.4 is 0 Å². The van der Waals surface area contributed by atoms with Gasteiger partial charge in [0.1, 0.15) is 0 Å². The van der Waals surface area contributed by atoms with Crippen LogP contribution in [-0.4, -0.2) is 16.1 Å². The molecule has 0 aliphatic heterocycles. The number of aromatic nitrogens is 1. The quantitative estimate of drug-likeness (QED) is 0.684. The fraction of sp³-hybridized carbons (Fsp3) is 0.333. The Morgan fingerprint density at radius 3 is 2.33 bits per heavy atom. The summed E-state index contributed by atoms with van der Waals surface area (Å²) in [6.45, 7) is 0. The first-order valence-electron chi connectivity index (χ1n) is 4.37. The van der Waals surface area contributed by atoms with E-state index in [0.717, 1.165) is 0 Å². The maximum absolute atomic E-state index is 12.5. The van der Waals surface area contributed by atoms with Crippen LogP contribution in [0.3, 0.4) is 0 Å². The van der Waals surface area contributed by atoms with Gasteiger partial charge in [0, 0.05) is 0 Å². The van der Waals surface area contributed by atoms with Crippen LogP contribution in [0.1, 0.15) is 33.7 Å². The van der Waals surface area contributed by atoms with Crippen LogP contribution in [0.2, 0.25) is 0 Å². The second-order valence-corrected chi connectivity index (χ2v) is 3.42. The number of halogens is 6. The molecule has 1 aromatic rings. The Morgan fingerprint density at radius 2 is 2.00 bits per heavy atom. The van der Waals surface area contributed by atoms with Crippen molar-refractivity contribution >= 4 is 17.6 Å². The summed E-state index contributed by atoms with van der Waals surface area (Å²) in [5.74, 6) is -2.58. The highest BCUT2D eigenvalue weighted by Crippen LogP contribution is 2.35. The lowest BCUT2D eigenvalue weighted by Gasteiger charge is -2.14. The van der Waals surface area contributed by atoms with Crippen molar-refractivity contribution in [2.45, 2.75) is 18.5 Å². The number of hydrogen-bond acceptors (Lipinski definition) is 2. The molecule has 0 amide bonds. The molecule has 0 aromatic carbocycles. The fourth-order valence-electron chi connectivity index (χ4n) is 1.25. The second-order valence-electron chi connectivity index (χ2n) is 3.16. The van der Waals surface area contributed by atoms with Gasteiger partial charge in [-0.2, -0.15) is 13.2 Å². The zero-order valence-corrected chi connectivity index (χ0v) is 9.19. The number of carboxylic acids is 1. The van der Waals surface area contributed by atoms with Gasteiger partial charge >= 0.3 is 12.1 Å². The summed E-state index contributed by atoms with van der Waals surface area (Å²) in [6, 6.07) is 0.0683. The van der Waals surface area contributed by atoms with Crippen LogP contribution in [0.15, 0.2) is 6.07 Å². The highest BCUT2D eigenvalue weighted by molar-refractivity contribution is 6.17. The maximum Gasteiger partial charge on any atom is 0.418 e. The molecule has 0 radical (unpaired) electrons. The molecule has 0 aliphatic carbocycles. The maximum atomic E-state index is 12.5. The molecule has 9 heteroatoms. The van der Waals surface area contributed by atoms with Crippen LogP contribution in [-0.2, 0) is 12.1 Å². The van der Waals surface area contributed by atoms with Crippen molar-refractivity contribution in [3.63, 3.8) is 0 Å². The van der Waals surface area contributed by atoms with Crippen LogP contribution in [0, 0.1) is 0 Å². The first kappa shape index (κ1) is 14.6. The zero-order valence-electron chi connectivity index (χ0n) is 8.43. The molecular weight excluding hydrogens is 285 g/mol. The van der Waals surface area contributed by atoms with Gasteiger partial charge < -0.3 is 5.11 Å². The van der Waals surface area contributed by atoms with Crippen molar-refractivity contribution in [3.05, 3.63) is 28.6 Å². The van der Waals surface area contributed by atoms with Gasteiger partial charge in [-0.3, -0.25) is 0 Å². The molecule has 0 fully saturated rings. The molecule has 0 spiro atoms. The van der Waals surface area contributed by atoms with Gasteiger partial charge in [0.15, 0.2) is 5.69 Å². The number of carboxylic acid groups (broad SMARTS) is 1. The predicted molar refractivity (Wildman–Crippen MR) is 50.7 cm³/mol. The Morgan fingerprint density at radius 1 is 1.44 bits per heavy atom. The Hall–Kier alpha value is -1.44. The average molecular weight is 290 g/mol. The number of alkyl halides is 6. The first-order chi connectivity index (χ1) is 8.18. The number of rotatable bonds is 3. The molecule has 0 atom stereocenters. The first-order valence-corrected chi connectivity index (χ1v) is 4.90. The minimum atomic E-state index is -4.93. The highest BCUT2D eigenvalue weighted by atomic mass is 35.5. The molecule has 3 nitrogen and oxygen atoms in total.